The standard InChI is InChI=1S/C21H28N4O/c1-18-7-9-25(10-8-18)21(26)20(15-22)17-24-13-11-23(12-14-24)16-19-5-3-2-4-6-19/h2-6,17-18H,7-14,16H2,1H3/b20-17-. The van der Waals surface area contributed by atoms with E-state index in [1.807, 2.05) is 11.0 Å². The minimum absolute atomic E-state index is 0.105. The number of benzene rings is 1. The number of likely N-dealkylation sites (tertiary alicyclic amines) is 1. The zero-order chi connectivity index (χ0) is 18.4. The molecule has 1 aromatic carbocycles. The van der Waals surface area contributed by atoms with Crippen molar-refractivity contribution in [1.29, 1.82) is 5.26 Å². The van der Waals surface area contributed by atoms with Crippen molar-refractivity contribution >= 4 is 5.91 Å². The smallest absolute Gasteiger partial charge is 0.266 e. The van der Waals surface area contributed by atoms with Crippen LogP contribution in [0.15, 0.2) is 42.1 Å². The number of nitrogens with zero attached hydrogens (tertiary/aromatic N) is 4. The minimum atomic E-state index is -0.105. The van der Waals surface area contributed by atoms with Crippen LogP contribution in [-0.4, -0.2) is 59.9 Å². The van der Waals surface area contributed by atoms with Gasteiger partial charge in [0.25, 0.3) is 5.91 Å². The Morgan fingerprint density at radius 2 is 1.77 bits per heavy atom. The summed E-state index contributed by atoms with van der Waals surface area (Å²) in [7, 11) is 0. The Kier molecular flexibility index (Phi) is 6.30. The lowest BCUT2D eigenvalue weighted by molar-refractivity contribution is -0.128. The van der Waals surface area contributed by atoms with E-state index < -0.39 is 0 Å². The van der Waals surface area contributed by atoms with Gasteiger partial charge in [0.15, 0.2) is 0 Å². The maximum absolute atomic E-state index is 12.6. The molecule has 2 heterocycles. The summed E-state index contributed by atoms with van der Waals surface area (Å²) in [6, 6.07) is 12.6. The molecule has 3 rings (SSSR count). The highest BCUT2D eigenvalue weighted by Gasteiger charge is 2.24. The van der Waals surface area contributed by atoms with E-state index in [1.165, 1.54) is 5.56 Å². The first kappa shape index (κ1) is 18.5. The van der Waals surface area contributed by atoms with Crippen LogP contribution in [0.5, 0.6) is 0 Å². The number of piperidine rings is 1. The van der Waals surface area contributed by atoms with Crippen molar-refractivity contribution in [3.8, 4) is 6.07 Å². The van der Waals surface area contributed by atoms with Crippen LogP contribution in [0.2, 0.25) is 0 Å². The van der Waals surface area contributed by atoms with Crippen molar-refractivity contribution in [2.75, 3.05) is 39.3 Å². The molecule has 0 unspecified atom stereocenters. The third kappa shape index (κ3) is 4.86. The van der Waals surface area contributed by atoms with Crippen LogP contribution in [0.1, 0.15) is 25.3 Å². The molecule has 5 heteroatoms. The lowest BCUT2D eigenvalue weighted by Gasteiger charge is -2.34. The van der Waals surface area contributed by atoms with Gasteiger partial charge in [0.05, 0.1) is 0 Å². The van der Waals surface area contributed by atoms with Gasteiger partial charge in [0, 0.05) is 52.0 Å². The number of piperazine rings is 1. The van der Waals surface area contributed by atoms with E-state index in [0.717, 1.165) is 58.7 Å². The molecule has 26 heavy (non-hydrogen) atoms. The number of hydrogen-bond acceptors (Lipinski definition) is 4. The van der Waals surface area contributed by atoms with Gasteiger partial charge in [-0.05, 0) is 24.3 Å². The van der Waals surface area contributed by atoms with Gasteiger partial charge in [0.2, 0.25) is 0 Å². The largest absolute Gasteiger partial charge is 0.374 e. The molecule has 2 aliphatic heterocycles. The van der Waals surface area contributed by atoms with Crippen molar-refractivity contribution in [3.63, 3.8) is 0 Å². The van der Waals surface area contributed by atoms with E-state index in [1.54, 1.807) is 6.20 Å². The molecule has 2 fully saturated rings. The third-order valence-electron chi connectivity index (χ3n) is 5.39. The SMILES string of the molecule is CC1CCN(C(=O)/C(C#N)=C\N2CCN(Cc3ccccc3)CC2)CC1. The second-order valence-electron chi connectivity index (χ2n) is 7.43. The highest BCUT2D eigenvalue weighted by molar-refractivity contribution is 5.97. The number of carbonyl (C=O) groups excluding carboxylic acids is 1. The predicted octanol–water partition coefficient (Wildman–Crippen LogP) is 2.47. The fourth-order valence-corrected chi connectivity index (χ4v) is 3.59. The summed E-state index contributed by atoms with van der Waals surface area (Å²) in [6.45, 7) is 8.30. The first-order chi connectivity index (χ1) is 12.7. The Balaban J connectivity index is 1.52. The molecule has 0 saturated carbocycles. The van der Waals surface area contributed by atoms with Gasteiger partial charge in [0.1, 0.15) is 11.6 Å². The Hall–Kier alpha value is -2.32. The topological polar surface area (TPSA) is 50.6 Å². The minimum Gasteiger partial charge on any atom is -0.374 e. The lowest BCUT2D eigenvalue weighted by Crippen LogP contribution is -2.44. The summed E-state index contributed by atoms with van der Waals surface area (Å²) >= 11 is 0. The average molecular weight is 352 g/mol. The average Bonchev–Trinajstić information content (AvgIpc) is 2.68. The molecule has 0 N–H and O–H groups in total. The normalized spacial score (nSPS) is 20.1. The maximum Gasteiger partial charge on any atom is 0.266 e. The molecule has 1 aromatic rings. The monoisotopic (exact) mass is 352 g/mol. The molecule has 0 radical (unpaired) electrons. The summed E-state index contributed by atoms with van der Waals surface area (Å²) in [5, 5.41) is 9.45. The Morgan fingerprint density at radius 1 is 1.12 bits per heavy atom. The van der Waals surface area contributed by atoms with Gasteiger partial charge in [-0.2, -0.15) is 5.26 Å². The van der Waals surface area contributed by atoms with Gasteiger partial charge < -0.3 is 9.80 Å². The molecule has 0 bridgehead atoms. The summed E-state index contributed by atoms with van der Waals surface area (Å²) < 4.78 is 0. The van der Waals surface area contributed by atoms with E-state index in [2.05, 4.69) is 47.1 Å². The van der Waals surface area contributed by atoms with Gasteiger partial charge in [-0.3, -0.25) is 9.69 Å². The molecule has 0 spiro atoms. The van der Waals surface area contributed by atoms with Gasteiger partial charge in [-0.1, -0.05) is 37.3 Å². The van der Waals surface area contributed by atoms with Crippen LogP contribution in [0, 0.1) is 17.2 Å². The molecule has 2 saturated heterocycles. The van der Waals surface area contributed by atoms with Crippen molar-refractivity contribution in [2.24, 2.45) is 5.92 Å². The molecule has 0 atom stereocenters. The van der Waals surface area contributed by atoms with E-state index >= 15 is 0 Å². The van der Waals surface area contributed by atoms with Crippen molar-refractivity contribution in [1.82, 2.24) is 14.7 Å². The maximum atomic E-state index is 12.6. The zero-order valence-electron chi connectivity index (χ0n) is 15.6. The van der Waals surface area contributed by atoms with Gasteiger partial charge in [-0.25, -0.2) is 0 Å². The van der Waals surface area contributed by atoms with Crippen LogP contribution >= 0.6 is 0 Å². The zero-order valence-corrected chi connectivity index (χ0v) is 15.6. The predicted molar refractivity (Wildman–Crippen MR) is 102 cm³/mol. The summed E-state index contributed by atoms with van der Waals surface area (Å²) in [6.07, 6.45) is 3.84. The fourth-order valence-electron chi connectivity index (χ4n) is 3.59. The van der Waals surface area contributed by atoms with E-state index in [0.29, 0.717) is 5.92 Å². The van der Waals surface area contributed by atoms with Crippen LogP contribution in [0.25, 0.3) is 0 Å². The van der Waals surface area contributed by atoms with E-state index in [-0.39, 0.29) is 11.5 Å². The van der Waals surface area contributed by atoms with Crippen molar-refractivity contribution in [2.45, 2.75) is 26.3 Å². The van der Waals surface area contributed by atoms with Crippen LogP contribution < -0.4 is 0 Å². The summed E-state index contributed by atoms with van der Waals surface area (Å²) in [5.41, 5.74) is 1.60. The van der Waals surface area contributed by atoms with Crippen LogP contribution in [0.4, 0.5) is 0 Å². The van der Waals surface area contributed by atoms with Crippen molar-refractivity contribution < 1.29 is 4.79 Å². The molecular formula is C21H28N4O. The molecule has 1 amide bonds. The molecular weight excluding hydrogens is 324 g/mol. The van der Waals surface area contributed by atoms with Gasteiger partial charge >= 0.3 is 0 Å². The number of carbonyl (C=O) groups is 1. The Morgan fingerprint density at radius 3 is 2.38 bits per heavy atom. The third-order valence-corrected chi connectivity index (χ3v) is 5.39. The lowest BCUT2D eigenvalue weighted by atomic mass is 9.99. The number of nitriles is 1. The van der Waals surface area contributed by atoms with Crippen LogP contribution in [0.3, 0.4) is 0 Å². The second kappa shape index (κ2) is 8.86. The summed E-state index contributed by atoms with van der Waals surface area (Å²) in [4.78, 5) is 19.0. The highest BCUT2D eigenvalue weighted by atomic mass is 16.2. The van der Waals surface area contributed by atoms with E-state index in [9.17, 15) is 10.1 Å². The quantitative estimate of drug-likeness (QED) is 0.617. The first-order valence-corrected chi connectivity index (χ1v) is 9.57. The highest BCUT2D eigenvalue weighted by Crippen LogP contribution is 2.18. The molecule has 138 valence electrons. The Bertz CT molecular complexity index is 663. The molecule has 0 aromatic heterocycles. The van der Waals surface area contributed by atoms with Crippen molar-refractivity contribution in [3.05, 3.63) is 47.7 Å². The number of amides is 1. The Labute approximate surface area is 156 Å². The second-order valence-corrected chi connectivity index (χ2v) is 7.43. The molecule has 2 aliphatic rings. The first-order valence-electron chi connectivity index (χ1n) is 9.57. The molecule has 5 nitrogen and oxygen atoms in total. The van der Waals surface area contributed by atoms with Gasteiger partial charge in [-0.15, -0.1) is 0 Å². The number of hydrogen-bond donors (Lipinski definition) is 0. The number of rotatable bonds is 4. The fraction of sp³-hybridized carbons (Fsp3) is 0.524. The molecule has 0 aliphatic carbocycles. The van der Waals surface area contributed by atoms with E-state index in [4.69, 9.17) is 0 Å². The summed E-state index contributed by atoms with van der Waals surface area (Å²) in [5.74, 6) is 0.567. The van der Waals surface area contributed by atoms with Crippen LogP contribution in [-0.2, 0) is 11.3 Å².